The summed E-state index contributed by atoms with van der Waals surface area (Å²) < 4.78 is 1.25. The average Bonchev–Trinajstić information content (AvgIpc) is 2.60. The zero-order chi connectivity index (χ0) is 10.8. The van der Waals surface area contributed by atoms with Gasteiger partial charge in [-0.3, -0.25) is 19.3 Å². The van der Waals surface area contributed by atoms with Gasteiger partial charge < -0.3 is 5.10 Å². The molecule has 15 heavy (non-hydrogen) atoms. The van der Waals surface area contributed by atoms with Crippen LogP contribution in [0.4, 0.5) is 0 Å². The lowest BCUT2D eigenvalue weighted by Crippen LogP contribution is -2.19. The van der Waals surface area contributed by atoms with Gasteiger partial charge in [0, 0.05) is 31.2 Å². The average molecular weight is 203 g/mol. The minimum Gasteiger partial charge on any atom is -0.302 e. The van der Waals surface area contributed by atoms with E-state index in [1.54, 1.807) is 25.4 Å². The number of nitrogens with one attached hydrogen (secondary N) is 1. The highest BCUT2D eigenvalue weighted by atomic mass is 16.2. The lowest BCUT2D eigenvalue weighted by molar-refractivity contribution is 0.103. The van der Waals surface area contributed by atoms with E-state index < -0.39 is 0 Å². The molecule has 0 aromatic carbocycles. The Hall–Kier alpha value is -2.17. The summed E-state index contributed by atoms with van der Waals surface area (Å²) in [4.78, 5) is 27.1. The van der Waals surface area contributed by atoms with E-state index >= 15 is 0 Å². The Morgan fingerprint density at radius 3 is 2.87 bits per heavy atom. The fourth-order valence-electron chi connectivity index (χ4n) is 1.28. The number of aryl methyl sites for hydroxylation is 1. The normalized spacial score (nSPS) is 10.2. The van der Waals surface area contributed by atoms with E-state index in [1.165, 1.54) is 17.1 Å². The van der Waals surface area contributed by atoms with Gasteiger partial charge >= 0.3 is 0 Å². The maximum Gasteiger partial charge on any atom is 0.277 e. The topological polar surface area (TPSA) is 67.8 Å². The highest BCUT2D eigenvalue weighted by Gasteiger charge is 2.14. The highest BCUT2D eigenvalue weighted by Crippen LogP contribution is 2.03. The van der Waals surface area contributed by atoms with E-state index in [-0.39, 0.29) is 16.9 Å². The molecule has 0 aliphatic rings. The standard InChI is InChI=1S/C10H9N3O2/c1-13-10(15)8(6-12-13)9(14)7-3-2-4-11-5-7/h2-6,12H,1H3. The van der Waals surface area contributed by atoms with Gasteiger partial charge in [0.2, 0.25) is 5.78 Å². The molecule has 0 radical (unpaired) electrons. The molecule has 0 aliphatic carbocycles. The van der Waals surface area contributed by atoms with E-state index in [0.717, 1.165) is 0 Å². The predicted octanol–water partition coefficient (Wildman–Crippen LogP) is 0.339. The molecule has 0 fully saturated rings. The van der Waals surface area contributed by atoms with Gasteiger partial charge in [-0.15, -0.1) is 0 Å². The van der Waals surface area contributed by atoms with E-state index in [9.17, 15) is 9.59 Å². The summed E-state index contributed by atoms with van der Waals surface area (Å²) in [5.74, 6) is -0.315. The zero-order valence-electron chi connectivity index (χ0n) is 8.10. The summed E-state index contributed by atoms with van der Waals surface area (Å²) in [6.45, 7) is 0. The molecule has 76 valence electrons. The number of hydrogen-bond donors (Lipinski definition) is 1. The molecular weight excluding hydrogens is 194 g/mol. The number of nitrogens with zero attached hydrogens (tertiary/aromatic N) is 2. The maximum atomic E-state index is 11.8. The van der Waals surface area contributed by atoms with E-state index in [2.05, 4.69) is 10.1 Å². The Balaban J connectivity index is 2.46. The molecule has 2 heterocycles. The first-order valence-electron chi connectivity index (χ1n) is 4.39. The van der Waals surface area contributed by atoms with Crippen LogP contribution in [0.1, 0.15) is 15.9 Å². The highest BCUT2D eigenvalue weighted by molar-refractivity contribution is 6.08. The summed E-state index contributed by atoms with van der Waals surface area (Å²) in [5.41, 5.74) is 0.212. The van der Waals surface area contributed by atoms with E-state index in [4.69, 9.17) is 0 Å². The summed E-state index contributed by atoms with van der Waals surface area (Å²) in [5, 5.41) is 2.65. The van der Waals surface area contributed by atoms with Crippen LogP contribution in [0.2, 0.25) is 0 Å². The molecule has 0 atom stereocenters. The van der Waals surface area contributed by atoms with E-state index in [0.29, 0.717) is 5.56 Å². The van der Waals surface area contributed by atoms with Gasteiger partial charge in [0.05, 0.1) is 0 Å². The van der Waals surface area contributed by atoms with Crippen molar-refractivity contribution in [1.29, 1.82) is 0 Å². The van der Waals surface area contributed by atoms with Crippen molar-refractivity contribution in [3.05, 3.63) is 52.2 Å². The van der Waals surface area contributed by atoms with Crippen molar-refractivity contribution in [2.24, 2.45) is 7.05 Å². The lowest BCUT2D eigenvalue weighted by atomic mass is 10.1. The number of hydrogen-bond acceptors (Lipinski definition) is 3. The van der Waals surface area contributed by atoms with Crippen LogP contribution in [0.3, 0.4) is 0 Å². The molecular formula is C10H9N3O2. The Kier molecular flexibility index (Phi) is 2.21. The molecule has 2 aromatic rings. The number of aromatic amines is 1. The summed E-state index contributed by atoms with van der Waals surface area (Å²) in [6.07, 6.45) is 4.42. The molecule has 1 N–H and O–H groups in total. The van der Waals surface area contributed by atoms with Crippen molar-refractivity contribution >= 4 is 5.78 Å². The second kappa shape index (κ2) is 3.53. The first-order chi connectivity index (χ1) is 7.20. The quantitative estimate of drug-likeness (QED) is 0.715. The minimum atomic E-state index is -0.330. The first kappa shape index (κ1) is 9.39. The van der Waals surface area contributed by atoms with Gasteiger partial charge in [-0.1, -0.05) is 0 Å². The Labute approximate surface area is 85.4 Å². The van der Waals surface area contributed by atoms with Crippen molar-refractivity contribution in [2.75, 3.05) is 0 Å². The lowest BCUT2D eigenvalue weighted by Gasteiger charge is -1.94. The van der Waals surface area contributed by atoms with Crippen molar-refractivity contribution in [2.45, 2.75) is 0 Å². The number of H-pyrrole nitrogens is 1. The summed E-state index contributed by atoms with van der Waals surface area (Å²) in [6, 6.07) is 3.28. The third-order valence-electron chi connectivity index (χ3n) is 2.11. The molecule has 0 spiro atoms. The molecule has 0 saturated carbocycles. The van der Waals surface area contributed by atoms with Crippen molar-refractivity contribution < 1.29 is 4.79 Å². The van der Waals surface area contributed by atoms with Crippen LogP contribution in [0.15, 0.2) is 35.5 Å². The van der Waals surface area contributed by atoms with Crippen LogP contribution < -0.4 is 5.56 Å². The number of ketones is 1. The fraction of sp³-hybridized carbons (Fsp3) is 0.100. The molecule has 0 aliphatic heterocycles. The SMILES string of the molecule is Cn1[nH]cc(C(=O)c2cccnc2)c1=O. The monoisotopic (exact) mass is 203 g/mol. The Morgan fingerprint density at radius 1 is 1.53 bits per heavy atom. The van der Waals surface area contributed by atoms with Gasteiger partial charge in [-0.25, -0.2) is 0 Å². The molecule has 0 unspecified atom stereocenters. The minimum absolute atomic E-state index is 0.130. The number of carbonyl (C=O) groups is 1. The maximum absolute atomic E-state index is 11.8. The van der Waals surface area contributed by atoms with Gasteiger partial charge in [0.25, 0.3) is 5.56 Å². The van der Waals surface area contributed by atoms with Gasteiger partial charge in [-0.2, -0.15) is 0 Å². The van der Waals surface area contributed by atoms with Crippen LogP contribution in [0, 0.1) is 0 Å². The van der Waals surface area contributed by atoms with Crippen LogP contribution in [0.25, 0.3) is 0 Å². The van der Waals surface area contributed by atoms with Crippen molar-refractivity contribution in [3.63, 3.8) is 0 Å². The Bertz CT molecular complexity index is 539. The molecule has 5 nitrogen and oxygen atoms in total. The predicted molar refractivity (Wildman–Crippen MR) is 53.7 cm³/mol. The smallest absolute Gasteiger partial charge is 0.277 e. The largest absolute Gasteiger partial charge is 0.302 e. The van der Waals surface area contributed by atoms with Gasteiger partial charge in [0.1, 0.15) is 5.56 Å². The fourth-order valence-corrected chi connectivity index (χ4v) is 1.28. The molecule has 0 bridgehead atoms. The molecule has 0 amide bonds. The van der Waals surface area contributed by atoms with Gasteiger partial charge in [0.15, 0.2) is 0 Å². The third-order valence-corrected chi connectivity index (χ3v) is 2.11. The number of rotatable bonds is 2. The number of carbonyl (C=O) groups excluding carboxylic acids is 1. The molecule has 2 rings (SSSR count). The molecule has 0 saturated heterocycles. The van der Waals surface area contributed by atoms with Crippen molar-refractivity contribution in [1.82, 2.24) is 14.8 Å². The van der Waals surface area contributed by atoms with Crippen LogP contribution in [-0.2, 0) is 7.05 Å². The van der Waals surface area contributed by atoms with Crippen LogP contribution in [-0.4, -0.2) is 20.5 Å². The van der Waals surface area contributed by atoms with Gasteiger partial charge in [-0.05, 0) is 12.1 Å². The van der Waals surface area contributed by atoms with Crippen molar-refractivity contribution in [3.8, 4) is 0 Å². The number of aromatic nitrogens is 3. The van der Waals surface area contributed by atoms with Crippen LogP contribution >= 0.6 is 0 Å². The Morgan fingerprint density at radius 2 is 2.33 bits per heavy atom. The first-order valence-corrected chi connectivity index (χ1v) is 4.39. The second-order valence-corrected chi connectivity index (χ2v) is 3.12. The zero-order valence-corrected chi connectivity index (χ0v) is 8.10. The van der Waals surface area contributed by atoms with E-state index in [1.807, 2.05) is 0 Å². The third kappa shape index (κ3) is 1.59. The second-order valence-electron chi connectivity index (χ2n) is 3.12. The molecule has 5 heteroatoms. The van der Waals surface area contributed by atoms with Crippen LogP contribution in [0.5, 0.6) is 0 Å². The number of pyridine rings is 1. The summed E-state index contributed by atoms with van der Waals surface area (Å²) >= 11 is 0. The summed E-state index contributed by atoms with van der Waals surface area (Å²) in [7, 11) is 1.56. The molecule has 2 aromatic heterocycles.